The van der Waals surface area contributed by atoms with E-state index in [2.05, 4.69) is 16.4 Å². The van der Waals surface area contributed by atoms with Crippen molar-refractivity contribution in [3.63, 3.8) is 0 Å². The van der Waals surface area contributed by atoms with Crippen LogP contribution in [0.2, 0.25) is 0 Å². The molecule has 0 radical (unpaired) electrons. The lowest BCUT2D eigenvalue weighted by molar-refractivity contribution is 0.280. The van der Waals surface area contributed by atoms with Crippen molar-refractivity contribution < 1.29 is 9.47 Å². The van der Waals surface area contributed by atoms with Crippen LogP contribution in [0.4, 0.5) is 0 Å². The lowest BCUT2D eigenvalue weighted by Crippen LogP contribution is -2.16. The number of ether oxygens (including phenoxy) is 2. The zero-order valence-electron chi connectivity index (χ0n) is 11.5. The van der Waals surface area contributed by atoms with Crippen molar-refractivity contribution in [2.24, 2.45) is 0 Å². The Morgan fingerprint density at radius 3 is 3.00 bits per heavy atom. The summed E-state index contributed by atoms with van der Waals surface area (Å²) < 4.78 is 11.3. The van der Waals surface area contributed by atoms with E-state index >= 15 is 0 Å². The Bertz CT molecular complexity index is 553. The zero-order chi connectivity index (χ0) is 13.8. The number of nitrogens with one attached hydrogen (secondary N) is 1. The van der Waals surface area contributed by atoms with Crippen LogP contribution in [0.5, 0.6) is 11.5 Å². The molecule has 0 unspecified atom stereocenters. The second kappa shape index (κ2) is 6.24. The minimum atomic E-state index is 0.481. The van der Waals surface area contributed by atoms with Crippen LogP contribution in [0.3, 0.4) is 0 Å². The molecule has 3 rings (SSSR count). The van der Waals surface area contributed by atoms with Crippen LogP contribution in [0.15, 0.2) is 29.8 Å². The van der Waals surface area contributed by atoms with E-state index in [1.54, 1.807) is 24.6 Å². The topological polar surface area (TPSA) is 43.4 Å². The molecule has 0 aliphatic heterocycles. The molecule has 106 valence electrons. The second-order valence-electron chi connectivity index (χ2n) is 4.82. The standard InChI is InChI=1S/C15H18N2O2S/c1-18-13-4-2-3-11(9-17-12-5-6-12)15(13)19-10-14-16-7-8-20-14/h2-4,7-8,12,17H,5-6,9-10H2,1H3. The monoisotopic (exact) mass is 290 g/mol. The molecule has 0 atom stereocenters. The van der Waals surface area contributed by atoms with Crippen LogP contribution in [0.1, 0.15) is 23.4 Å². The number of methoxy groups -OCH3 is 1. The van der Waals surface area contributed by atoms with E-state index in [-0.39, 0.29) is 0 Å². The molecular weight excluding hydrogens is 272 g/mol. The number of nitrogens with zero attached hydrogens (tertiary/aromatic N) is 1. The fourth-order valence-electron chi connectivity index (χ4n) is 2.02. The highest BCUT2D eigenvalue weighted by Crippen LogP contribution is 2.32. The third-order valence-electron chi connectivity index (χ3n) is 3.26. The molecule has 0 bridgehead atoms. The maximum Gasteiger partial charge on any atom is 0.166 e. The van der Waals surface area contributed by atoms with Crippen LogP contribution < -0.4 is 14.8 Å². The maximum absolute atomic E-state index is 5.94. The van der Waals surface area contributed by atoms with Crippen LogP contribution in [0.25, 0.3) is 0 Å². The summed E-state index contributed by atoms with van der Waals surface area (Å²) in [6.07, 6.45) is 4.35. The SMILES string of the molecule is COc1cccc(CNC2CC2)c1OCc1nccs1. The van der Waals surface area contributed by atoms with Crippen LogP contribution in [0, 0.1) is 0 Å². The second-order valence-corrected chi connectivity index (χ2v) is 5.80. The molecule has 1 fully saturated rings. The van der Waals surface area contributed by atoms with Crippen molar-refractivity contribution >= 4 is 11.3 Å². The number of para-hydroxylation sites is 1. The highest BCUT2D eigenvalue weighted by Gasteiger charge is 2.21. The lowest BCUT2D eigenvalue weighted by Gasteiger charge is -2.14. The Hall–Kier alpha value is -1.59. The average Bonchev–Trinajstić information content (AvgIpc) is 3.17. The molecule has 20 heavy (non-hydrogen) atoms. The molecule has 0 saturated heterocycles. The number of hydrogen-bond donors (Lipinski definition) is 1. The summed E-state index contributed by atoms with van der Waals surface area (Å²) in [5.74, 6) is 1.59. The Morgan fingerprint density at radius 2 is 2.30 bits per heavy atom. The van der Waals surface area contributed by atoms with Crippen LogP contribution in [-0.4, -0.2) is 18.1 Å². The van der Waals surface area contributed by atoms with Crippen molar-refractivity contribution in [1.29, 1.82) is 0 Å². The van der Waals surface area contributed by atoms with E-state index in [9.17, 15) is 0 Å². The normalized spacial score (nSPS) is 14.2. The van der Waals surface area contributed by atoms with Crippen molar-refractivity contribution in [1.82, 2.24) is 10.3 Å². The summed E-state index contributed by atoms with van der Waals surface area (Å²) in [5, 5.41) is 6.43. The average molecular weight is 290 g/mol. The van der Waals surface area contributed by atoms with Gasteiger partial charge >= 0.3 is 0 Å². The largest absolute Gasteiger partial charge is 0.493 e. The summed E-state index contributed by atoms with van der Waals surface area (Å²) in [4.78, 5) is 4.24. The van der Waals surface area contributed by atoms with Crippen LogP contribution >= 0.6 is 11.3 Å². The van der Waals surface area contributed by atoms with Crippen molar-refractivity contribution in [3.8, 4) is 11.5 Å². The van der Waals surface area contributed by atoms with E-state index in [1.807, 2.05) is 17.5 Å². The predicted octanol–water partition coefficient (Wildman–Crippen LogP) is 2.98. The van der Waals surface area contributed by atoms with E-state index in [0.717, 1.165) is 28.6 Å². The Morgan fingerprint density at radius 1 is 1.40 bits per heavy atom. The van der Waals surface area contributed by atoms with Crippen molar-refractivity contribution in [3.05, 3.63) is 40.3 Å². The van der Waals surface area contributed by atoms with Gasteiger partial charge < -0.3 is 14.8 Å². The van der Waals surface area contributed by atoms with Gasteiger partial charge in [-0.15, -0.1) is 11.3 Å². The summed E-state index contributed by atoms with van der Waals surface area (Å²) in [6, 6.07) is 6.68. The maximum atomic E-state index is 5.94. The first-order valence-corrected chi connectivity index (χ1v) is 7.65. The van der Waals surface area contributed by atoms with Gasteiger partial charge in [0.15, 0.2) is 11.5 Å². The third-order valence-corrected chi connectivity index (χ3v) is 4.02. The summed E-state index contributed by atoms with van der Waals surface area (Å²) in [7, 11) is 1.67. The first-order chi connectivity index (χ1) is 9.86. The smallest absolute Gasteiger partial charge is 0.166 e. The van der Waals surface area contributed by atoms with Crippen LogP contribution in [-0.2, 0) is 13.2 Å². The molecule has 0 spiro atoms. The van der Waals surface area contributed by atoms with E-state index in [0.29, 0.717) is 12.6 Å². The zero-order valence-corrected chi connectivity index (χ0v) is 12.3. The Balaban J connectivity index is 1.73. The van der Waals surface area contributed by atoms with Gasteiger partial charge in [0, 0.05) is 29.7 Å². The quantitative estimate of drug-likeness (QED) is 0.851. The van der Waals surface area contributed by atoms with Crippen molar-refractivity contribution in [2.45, 2.75) is 32.0 Å². The fourth-order valence-corrected chi connectivity index (χ4v) is 2.55. The van der Waals surface area contributed by atoms with E-state index in [1.165, 1.54) is 12.8 Å². The molecule has 1 saturated carbocycles. The lowest BCUT2D eigenvalue weighted by atomic mass is 10.2. The van der Waals surface area contributed by atoms with Gasteiger partial charge in [-0.1, -0.05) is 12.1 Å². The van der Waals surface area contributed by atoms with E-state index in [4.69, 9.17) is 9.47 Å². The fraction of sp³-hybridized carbons (Fsp3) is 0.400. The van der Waals surface area contributed by atoms with E-state index < -0.39 is 0 Å². The van der Waals surface area contributed by atoms with Gasteiger partial charge in [-0.2, -0.15) is 0 Å². The molecule has 4 nitrogen and oxygen atoms in total. The molecule has 1 N–H and O–H groups in total. The number of benzene rings is 1. The molecule has 2 aromatic rings. The summed E-state index contributed by atoms with van der Waals surface area (Å²) in [5.41, 5.74) is 1.13. The Kier molecular flexibility index (Phi) is 4.18. The number of hydrogen-bond acceptors (Lipinski definition) is 5. The summed E-state index contributed by atoms with van der Waals surface area (Å²) >= 11 is 1.60. The first-order valence-electron chi connectivity index (χ1n) is 6.77. The predicted molar refractivity (Wildman–Crippen MR) is 79.3 cm³/mol. The first kappa shape index (κ1) is 13.4. The van der Waals surface area contributed by atoms with Gasteiger partial charge in [0.05, 0.1) is 7.11 Å². The van der Waals surface area contributed by atoms with Gasteiger partial charge in [0.1, 0.15) is 11.6 Å². The highest BCUT2D eigenvalue weighted by molar-refractivity contribution is 7.09. The van der Waals surface area contributed by atoms with Gasteiger partial charge in [-0.05, 0) is 18.9 Å². The third kappa shape index (κ3) is 3.29. The minimum Gasteiger partial charge on any atom is -0.493 e. The Labute approximate surface area is 122 Å². The number of aromatic nitrogens is 1. The molecular formula is C15H18N2O2S. The minimum absolute atomic E-state index is 0.481. The number of rotatable bonds is 7. The highest BCUT2D eigenvalue weighted by atomic mass is 32.1. The summed E-state index contributed by atoms with van der Waals surface area (Å²) in [6.45, 7) is 1.30. The number of thiazole rings is 1. The van der Waals surface area contributed by atoms with Gasteiger partial charge in [0.25, 0.3) is 0 Å². The molecule has 1 aromatic heterocycles. The van der Waals surface area contributed by atoms with Gasteiger partial charge in [-0.25, -0.2) is 4.98 Å². The molecule has 1 aliphatic carbocycles. The van der Waals surface area contributed by atoms with Gasteiger partial charge in [-0.3, -0.25) is 0 Å². The molecule has 0 amide bonds. The van der Waals surface area contributed by atoms with Gasteiger partial charge in [0.2, 0.25) is 0 Å². The molecule has 1 aromatic carbocycles. The van der Waals surface area contributed by atoms with Crippen molar-refractivity contribution in [2.75, 3.05) is 7.11 Å². The molecule has 1 aliphatic rings. The molecule has 5 heteroatoms. The molecule has 1 heterocycles.